The fourth-order valence-corrected chi connectivity index (χ4v) is 1.97. The van der Waals surface area contributed by atoms with Crippen LogP contribution < -0.4 is 5.32 Å². The summed E-state index contributed by atoms with van der Waals surface area (Å²) in [6.45, 7) is 0. The number of carboxylic acids is 1. The second kappa shape index (κ2) is 5.79. The zero-order valence-electron chi connectivity index (χ0n) is 9.63. The van der Waals surface area contributed by atoms with Crippen LogP contribution in [0.2, 0.25) is 0 Å². The average Bonchev–Trinajstić information content (AvgIpc) is 2.39. The highest BCUT2D eigenvalue weighted by Gasteiger charge is 2.09. The maximum Gasteiger partial charge on any atom is 0.354 e. The monoisotopic (exact) mass is 368 g/mol. The fraction of sp³-hybridized carbons (Fsp3) is 0. The van der Waals surface area contributed by atoms with Crippen LogP contribution in [0.15, 0.2) is 42.6 Å². The Bertz CT molecular complexity index is 626. The number of carboxylic acid groups (broad SMARTS) is 1. The number of amides is 1. The first-order valence-electron chi connectivity index (χ1n) is 5.32. The SMILES string of the molecule is O=C(Nc1cccc(I)c1)c1ccc(C(=O)O)nc1. The second-order valence-corrected chi connectivity index (χ2v) is 4.95. The molecule has 0 spiro atoms. The topological polar surface area (TPSA) is 79.3 Å². The van der Waals surface area contributed by atoms with Gasteiger partial charge >= 0.3 is 5.97 Å². The minimum Gasteiger partial charge on any atom is -0.477 e. The highest BCUT2D eigenvalue weighted by molar-refractivity contribution is 14.1. The van der Waals surface area contributed by atoms with Gasteiger partial charge in [-0.3, -0.25) is 4.79 Å². The summed E-state index contributed by atoms with van der Waals surface area (Å²) in [5, 5.41) is 11.4. The zero-order chi connectivity index (χ0) is 13.8. The van der Waals surface area contributed by atoms with E-state index >= 15 is 0 Å². The minimum absolute atomic E-state index is 0.0918. The molecule has 0 atom stereocenters. The number of nitrogens with one attached hydrogen (secondary N) is 1. The van der Waals surface area contributed by atoms with Crippen molar-refractivity contribution in [2.75, 3.05) is 5.32 Å². The van der Waals surface area contributed by atoms with Gasteiger partial charge < -0.3 is 10.4 Å². The quantitative estimate of drug-likeness (QED) is 0.817. The van der Waals surface area contributed by atoms with Crippen molar-refractivity contribution in [2.45, 2.75) is 0 Å². The minimum atomic E-state index is -1.12. The van der Waals surface area contributed by atoms with Crippen molar-refractivity contribution in [3.63, 3.8) is 0 Å². The molecule has 1 aromatic heterocycles. The maximum absolute atomic E-state index is 11.9. The number of anilines is 1. The predicted molar refractivity (Wildman–Crippen MR) is 78.3 cm³/mol. The van der Waals surface area contributed by atoms with Crippen molar-refractivity contribution in [1.82, 2.24) is 4.98 Å². The van der Waals surface area contributed by atoms with E-state index in [9.17, 15) is 9.59 Å². The number of carbonyl (C=O) groups excluding carboxylic acids is 1. The number of rotatable bonds is 3. The van der Waals surface area contributed by atoms with Crippen LogP contribution in [-0.2, 0) is 0 Å². The number of nitrogens with zero attached hydrogens (tertiary/aromatic N) is 1. The third-order valence-electron chi connectivity index (χ3n) is 2.33. The molecule has 5 nitrogen and oxygen atoms in total. The van der Waals surface area contributed by atoms with Crippen LogP contribution in [0, 0.1) is 3.57 Å². The summed E-state index contributed by atoms with van der Waals surface area (Å²) in [5.41, 5.74) is 0.897. The smallest absolute Gasteiger partial charge is 0.354 e. The Balaban J connectivity index is 2.14. The molecule has 0 aliphatic heterocycles. The summed E-state index contributed by atoms with van der Waals surface area (Å²) >= 11 is 2.15. The lowest BCUT2D eigenvalue weighted by atomic mass is 10.2. The van der Waals surface area contributed by atoms with Crippen molar-refractivity contribution in [2.24, 2.45) is 0 Å². The lowest BCUT2D eigenvalue weighted by Gasteiger charge is -2.05. The first-order chi connectivity index (χ1) is 9.06. The van der Waals surface area contributed by atoms with E-state index in [1.807, 2.05) is 18.2 Å². The number of pyridine rings is 1. The van der Waals surface area contributed by atoms with Gasteiger partial charge in [0.15, 0.2) is 0 Å². The average molecular weight is 368 g/mol. The highest BCUT2D eigenvalue weighted by Crippen LogP contribution is 2.13. The van der Waals surface area contributed by atoms with Crippen LogP contribution in [0.1, 0.15) is 20.8 Å². The van der Waals surface area contributed by atoms with Crippen LogP contribution in [0.3, 0.4) is 0 Å². The third kappa shape index (κ3) is 3.50. The van der Waals surface area contributed by atoms with Gasteiger partial charge in [0.25, 0.3) is 5.91 Å². The molecular weight excluding hydrogens is 359 g/mol. The molecule has 2 aromatic rings. The number of halogens is 1. The Morgan fingerprint density at radius 3 is 2.58 bits per heavy atom. The van der Waals surface area contributed by atoms with Crippen LogP contribution in [0.5, 0.6) is 0 Å². The van der Waals surface area contributed by atoms with Gasteiger partial charge in [-0.15, -0.1) is 0 Å². The summed E-state index contributed by atoms with van der Waals surface area (Å²) in [4.78, 5) is 26.2. The van der Waals surface area contributed by atoms with Crippen molar-refractivity contribution in [3.05, 3.63) is 57.4 Å². The normalized spacial score (nSPS) is 9.95. The summed E-state index contributed by atoms with van der Waals surface area (Å²) in [6, 6.07) is 10.1. The molecule has 0 saturated carbocycles. The van der Waals surface area contributed by atoms with E-state index in [2.05, 4.69) is 32.9 Å². The summed E-state index contributed by atoms with van der Waals surface area (Å²) < 4.78 is 1.01. The molecule has 0 unspecified atom stereocenters. The molecule has 96 valence electrons. The number of aromatic nitrogens is 1. The maximum atomic E-state index is 11.9. The molecule has 0 aliphatic rings. The fourth-order valence-electron chi connectivity index (χ4n) is 1.42. The van der Waals surface area contributed by atoms with Crippen LogP contribution in [-0.4, -0.2) is 22.0 Å². The molecule has 2 N–H and O–H groups in total. The second-order valence-electron chi connectivity index (χ2n) is 3.70. The molecule has 0 bridgehead atoms. The Morgan fingerprint density at radius 2 is 2.00 bits per heavy atom. The lowest BCUT2D eigenvalue weighted by molar-refractivity contribution is 0.0690. The van der Waals surface area contributed by atoms with Gasteiger partial charge in [-0.2, -0.15) is 0 Å². The molecule has 6 heteroatoms. The summed E-state index contributed by atoms with van der Waals surface area (Å²) in [7, 11) is 0. The highest BCUT2D eigenvalue weighted by atomic mass is 127. The molecule has 1 heterocycles. The Kier molecular flexibility index (Phi) is 4.10. The number of benzene rings is 1. The molecule has 0 fully saturated rings. The third-order valence-corrected chi connectivity index (χ3v) is 3.00. The van der Waals surface area contributed by atoms with Gasteiger partial charge in [0.2, 0.25) is 0 Å². The van der Waals surface area contributed by atoms with Crippen LogP contribution in [0.4, 0.5) is 5.69 Å². The number of carbonyl (C=O) groups is 2. The van der Waals surface area contributed by atoms with Gasteiger partial charge in [0.1, 0.15) is 5.69 Å². The molecule has 1 aromatic carbocycles. The van der Waals surface area contributed by atoms with Gasteiger partial charge in [-0.05, 0) is 52.9 Å². The van der Waals surface area contributed by atoms with Gasteiger partial charge in [0, 0.05) is 15.5 Å². The first-order valence-corrected chi connectivity index (χ1v) is 6.40. The Hall–Kier alpha value is -1.96. The van der Waals surface area contributed by atoms with Crippen molar-refractivity contribution < 1.29 is 14.7 Å². The van der Waals surface area contributed by atoms with E-state index in [4.69, 9.17) is 5.11 Å². The Morgan fingerprint density at radius 1 is 1.21 bits per heavy atom. The van der Waals surface area contributed by atoms with Crippen LogP contribution in [0.25, 0.3) is 0 Å². The van der Waals surface area contributed by atoms with Gasteiger partial charge in [-0.25, -0.2) is 9.78 Å². The first kappa shape index (κ1) is 13.5. The van der Waals surface area contributed by atoms with Crippen LogP contribution >= 0.6 is 22.6 Å². The molecule has 19 heavy (non-hydrogen) atoms. The van der Waals surface area contributed by atoms with Gasteiger partial charge in [0.05, 0.1) is 5.56 Å². The van der Waals surface area contributed by atoms with Gasteiger partial charge in [-0.1, -0.05) is 6.07 Å². The lowest BCUT2D eigenvalue weighted by Crippen LogP contribution is -2.13. The van der Waals surface area contributed by atoms with Crippen molar-refractivity contribution >= 4 is 40.2 Å². The van der Waals surface area contributed by atoms with E-state index < -0.39 is 5.97 Å². The van der Waals surface area contributed by atoms with E-state index in [0.717, 1.165) is 3.57 Å². The van der Waals surface area contributed by atoms with E-state index in [0.29, 0.717) is 11.3 Å². The molecular formula is C13H9IN2O3. The van der Waals surface area contributed by atoms with E-state index in [1.54, 1.807) is 6.07 Å². The number of aromatic carboxylic acids is 1. The van der Waals surface area contributed by atoms with Crippen molar-refractivity contribution in [3.8, 4) is 0 Å². The molecule has 2 rings (SSSR count). The number of hydrogen-bond donors (Lipinski definition) is 2. The summed E-state index contributed by atoms with van der Waals surface area (Å²) in [5.74, 6) is -1.45. The predicted octanol–water partition coefficient (Wildman–Crippen LogP) is 2.64. The van der Waals surface area contributed by atoms with E-state index in [1.165, 1.54) is 18.3 Å². The van der Waals surface area contributed by atoms with E-state index in [-0.39, 0.29) is 11.6 Å². The Labute approximate surface area is 122 Å². The zero-order valence-corrected chi connectivity index (χ0v) is 11.8. The summed E-state index contributed by atoms with van der Waals surface area (Å²) in [6.07, 6.45) is 1.24. The van der Waals surface area contributed by atoms with Crippen molar-refractivity contribution in [1.29, 1.82) is 0 Å². The largest absolute Gasteiger partial charge is 0.477 e. The standard InChI is InChI=1S/C13H9IN2O3/c14-9-2-1-3-10(6-9)16-12(17)8-4-5-11(13(18)19)15-7-8/h1-7H,(H,16,17)(H,18,19). The molecule has 0 radical (unpaired) electrons. The molecule has 0 saturated heterocycles. The molecule has 1 amide bonds. The number of hydrogen-bond acceptors (Lipinski definition) is 3. The molecule has 0 aliphatic carbocycles.